The lowest BCUT2D eigenvalue weighted by atomic mass is 9.93. The van der Waals surface area contributed by atoms with E-state index >= 15 is 0 Å². The van der Waals surface area contributed by atoms with E-state index in [0.717, 1.165) is 16.7 Å². The van der Waals surface area contributed by atoms with E-state index in [-0.39, 0.29) is 54.2 Å². The summed E-state index contributed by atoms with van der Waals surface area (Å²) < 4.78 is 67.4. The predicted molar refractivity (Wildman–Crippen MR) is 194 cm³/mol. The number of nitrogens with zero attached hydrogens (tertiary/aromatic N) is 4. The number of fused-ring (bicyclic) bond motifs is 2. The minimum atomic E-state index is -4.51. The molecule has 4 aromatic rings. The van der Waals surface area contributed by atoms with Gasteiger partial charge in [0.15, 0.2) is 0 Å². The normalized spacial score (nSPS) is 18.2. The molecule has 2 unspecified atom stereocenters. The molecule has 1 saturated heterocycles. The number of hydrogen-bond donors (Lipinski definition) is 2. The van der Waals surface area contributed by atoms with Gasteiger partial charge in [0.25, 0.3) is 17.7 Å². The standard InChI is InChI=1S/C39H34F4N6O7/c1-47(14-15-55-16-17-56-27-9-10-28-29(21-27)37(54)49(36(28)53)32-12-13-33(50)45-35(32)52)25-6-3-7-26(20-25)48-31-11-8-24(40)19-30(31)44-38(48)46-34(51)22-4-2-5-23(18-22)39(41,42)43/h2-11,19-21,23,32H,12-18H2,1H3,(H,44,46,51)(H,45,50,52). The average molecular weight is 775 g/mol. The Hall–Kier alpha value is -6.36. The fourth-order valence-corrected chi connectivity index (χ4v) is 6.71. The Morgan fingerprint density at radius 3 is 2.59 bits per heavy atom. The molecule has 3 heterocycles. The van der Waals surface area contributed by atoms with Crippen LogP contribution in [0.2, 0.25) is 0 Å². The van der Waals surface area contributed by atoms with Gasteiger partial charge in [0.2, 0.25) is 17.8 Å². The third-order valence-corrected chi connectivity index (χ3v) is 9.64. The summed E-state index contributed by atoms with van der Waals surface area (Å²) in [6.45, 7) is 1.05. The van der Waals surface area contributed by atoms with E-state index in [4.69, 9.17) is 9.47 Å². The average Bonchev–Trinajstić information content (AvgIpc) is 3.64. The highest BCUT2D eigenvalue weighted by Crippen LogP contribution is 2.35. The minimum absolute atomic E-state index is 0.00345. The van der Waals surface area contributed by atoms with Crippen molar-refractivity contribution in [3.05, 3.63) is 101 Å². The molecule has 0 spiro atoms. The van der Waals surface area contributed by atoms with Crippen molar-refractivity contribution < 1.29 is 51.0 Å². The third kappa shape index (κ3) is 7.75. The molecule has 0 bridgehead atoms. The van der Waals surface area contributed by atoms with Crippen molar-refractivity contribution in [3.8, 4) is 11.4 Å². The van der Waals surface area contributed by atoms with Crippen LogP contribution in [0.3, 0.4) is 0 Å². The van der Waals surface area contributed by atoms with E-state index in [1.54, 1.807) is 22.8 Å². The molecule has 56 heavy (non-hydrogen) atoms. The molecule has 7 rings (SSSR count). The van der Waals surface area contributed by atoms with Crippen LogP contribution in [0.1, 0.15) is 40.0 Å². The topological polar surface area (TPSA) is 152 Å². The molecule has 0 saturated carbocycles. The number of carbonyl (C=O) groups excluding carboxylic acids is 5. The molecule has 0 radical (unpaired) electrons. The Balaban J connectivity index is 0.951. The number of halogens is 4. The molecule has 1 fully saturated rings. The molecule has 2 aliphatic heterocycles. The van der Waals surface area contributed by atoms with E-state index < -0.39 is 59.9 Å². The van der Waals surface area contributed by atoms with E-state index in [0.29, 0.717) is 30.1 Å². The molecular formula is C39H34F4N6O7. The van der Waals surface area contributed by atoms with Gasteiger partial charge in [-0.25, -0.2) is 9.37 Å². The molecule has 13 nitrogen and oxygen atoms in total. The van der Waals surface area contributed by atoms with E-state index in [9.17, 15) is 41.5 Å². The van der Waals surface area contributed by atoms with Crippen LogP contribution in [-0.2, 0) is 19.1 Å². The number of nitrogens with one attached hydrogen (secondary N) is 2. The van der Waals surface area contributed by atoms with Gasteiger partial charge in [-0.1, -0.05) is 24.3 Å². The van der Waals surface area contributed by atoms with Crippen molar-refractivity contribution in [2.75, 3.05) is 43.6 Å². The number of imidazole rings is 1. The smallest absolute Gasteiger partial charge is 0.395 e. The summed E-state index contributed by atoms with van der Waals surface area (Å²) in [5.74, 6) is -5.17. The zero-order valence-electron chi connectivity index (χ0n) is 29.8. The monoisotopic (exact) mass is 774 g/mol. The van der Waals surface area contributed by atoms with Crippen molar-refractivity contribution >= 4 is 52.2 Å². The van der Waals surface area contributed by atoms with Gasteiger partial charge < -0.3 is 14.4 Å². The second kappa shape index (κ2) is 15.4. The Morgan fingerprint density at radius 2 is 1.80 bits per heavy atom. The second-order valence-electron chi connectivity index (χ2n) is 13.3. The van der Waals surface area contributed by atoms with Gasteiger partial charge in [0.1, 0.15) is 24.2 Å². The number of alkyl halides is 3. The van der Waals surface area contributed by atoms with E-state index in [1.165, 1.54) is 42.5 Å². The molecule has 5 amide bonds. The Kier molecular flexibility index (Phi) is 10.4. The number of rotatable bonds is 12. The van der Waals surface area contributed by atoms with Gasteiger partial charge >= 0.3 is 6.18 Å². The Labute approximate surface area is 316 Å². The van der Waals surface area contributed by atoms with Crippen molar-refractivity contribution in [1.82, 2.24) is 19.8 Å². The van der Waals surface area contributed by atoms with Crippen LogP contribution < -0.4 is 20.3 Å². The lowest BCUT2D eigenvalue weighted by Crippen LogP contribution is -2.54. The predicted octanol–water partition coefficient (Wildman–Crippen LogP) is 5.10. The number of allylic oxidation sites excluding steroid dienone is 3. The summed E-state index contributed by atoms with van der Waals surface area (Å²) in [5, 5.41) is 4.79. The fourth-order valence-electron chi connectivity index (χ4n) is 6.71. The fraction of sp³-hybridized carbons (Fsp3) is 0.282. The number of hydrogen-bond acceptors (Lipinski definition) is 9. The number of anilines is 2. The number of ether oxygens (including phenoxy) is 2. The van der Waals surface area contributed by atoms with Crippen LogP contribution in [0.15, 0.2) is 84.5 Å². The maximum absolute atomic E-state index is 14.2. The first-order valence-electron chi connectivity index (χ1n) is 17.6. The summed E-state index contributed by atoms with van der Waals surface area (Å²) in [7, 11) is 1.84. The summed E-state index contributed by atoms with van der Waals surface area (Å²) in [4.78, 5) is 70.2. The Morgan fingerprint density at radius 1 is 1.00 bits per heavy atom. The van der Waals surface area contributed by atoms with Crippen LogP contribution in [0.5, 0.6) is 5.75 Å². The quantitative estimate of drug-likeness (QED) is 0.114. The van der Waals surface area contributed by atoms with E-state index in [2.05, 4.69) is 15.6 Å². The first-order valence-corrected chi connectivity index (χ1v) is 17.6. The van der Waals surface area contributed by atoms with Gasteiger partial charge in [0, 0.05) is 37.3 Å². The number of aromatic nitrogens is 2. The number of piperidine rings is 1. The van der Waals surface area contributed by atoms with Crippen LogP contribution in [-0.4, -0.2) is 89.6 Å². The molecule has 3 aromatic carbocycles. The van der Waals surface area contributed by atoms with Crippen LogP contribution >= 0.6 is 0 Å². The molecular weight excluding hydrogens is 740 g/mol. The summed E-state index contributed by atoms with van der Waals surface area (Å²) in [6.07, 6.45) is -1.43. The summed E-state index contributed by atoms with van der Waals surface area (Å²) >= 11 is 0. The zero-order chi connectivity index (χ0) is 39.7. The molecule has 2 atom stereocenters. The molecule has 2 N–H and O–H groups in total. The highest BCUT2D eigenvalue weighted by atomic mass is 19.4. The first kappa shape index (κ1) is 37.9. The van der Waals surface area contributed by atoms with Crippen LogP contribution in [0.4, 0.5) is 29.2 Å². The highest BCUT2D eigenvalue weighted by molar-refractivity contribution is 6.23. The lowest BCUT2D eigenvalue weighted by molar-refractivity contribution is -0.161. The molecule has 1 aliphatic carbocycles. The number of imide groups is 2. The molecule has 290 valence electrons. The summed E-state index contributed by atoms with van der Waals surface area (Å²) in [6, 6.07) is 14.5. The minimum Gasteiger partial charge on any atom is -0.491 e. The number of amides is 5. The number of likely N-dealkylation sites (N-methyl/N-ethyl adjacent to an activating group) is 1. The van der Waals surface area contributed by atoms with Gasteiger partial charge in [-0.05, 0) is 61.4 Å². The van der Waals surface area contributed by atoms with Crippen LogP contribution in [0, 0.1) is 11.7 Å². The zero-order valence-corrected chi connectivity index (χ0v) is 29.8. The molecule has 3 aliphatic rings. The van der Waals surface area contributed by atoms with Gasteiger partial charge in [-0.2, -0.15) is 13.2 Å². The second-order valence-corrected chi connectivity index (χ2v) is 13.3. The number of benzene rings is 3. The Bertz CT molecular complexity index is 2320. The first-order chi connectivity index (χ1) is 26.8. The van der Waals surface area contributed by atoms with Crippen molar-refractivity contribution in [2.24, 2.45) is 5.92 Å². The largest absolute Gasteiger partial charge is 0.491 e. The van der Waals surface area contributed by atoms with Gasteiger partial charge in [-0.15, -0.1) is 0 Å². The molecule has 17 heteroatoms. The third-order valence-electron chi connectivity index (χ3n) is 9.64. The van der Waals surface area contributed by atoms with Crippen molar-refractivity contribution in [2.45, 2.75) is 31.5 Å². The number of carbonyl (C=O) groups is 5. The maximum Gasteiger partial charge on any atom is 0.395 e. The van der Waals surface area contributed by atoms with Crippen molar-refractivity contribution in [1.29, 1.82) is 0 Å². The SMILES string of the molecule is CN(CCOCCOc1ccc2c(c1)C(=O)N(C1CCC(=O)NC1=O)C2=O)c1cccc(-n2c(NC(=O)C3=CC=CC(C(F)(F)F)C3)nc3cc(F)ccc32)c1. The highest BCUT2D eigenvalue weighted by Gasteiger charge is 2.45. The van der Waals surface area contributed by atoms with Crippen molar-refractivity contribution in [3.63, 3.8) is 0 Å². The van der Waals surface area contributed by atoms with Gasteiger partial charge in [0.05, 0.1) is 47.0 Å². The molecule has 1 aromatic heterocycles. The van der Waals surface area contributed by atoms with Gasteiger partial charge in [-0.3, -0.25) is 44.1 Å². The summed E-state index contributed by atoms with van der Waals surface area (Å²) in [5.41, 5.74) is 2.16. The van der Waals surface area contributed by atoms with E-state index in [1.807, 2.05) is 24.1 Å². The van der Waals surface area contributed by atoms with Crippen LogP contribution in [0.25, 0.3) is 16.7 Å². The lowest BCUT2D eigenvalue weighted by Gasteiger charge is -2.27. The maximum atomic E-state index is 14.2.